The zero-order valence-electron chi connectivity index (χ0n) is 9.12. The number of hydrogen-bond donors (Lipinski definition) is 2. The van der Waals surface area contributed by atoms with E-state index >= 15 is 0 Å². The first-order valence-electron chi connectivity index (χ1n) is 4.94. The van der Waals surface area contributed by atoms with Crippen molar-refractivity contribution >= 4 is 11.5 Å². The Morgan fingerprint density at radius 2 is 2.06 bits per heavy atom. The summed E-state index contributed by atoms with van der Waals surface area (Å²) in [5.74, 6) is 0.194. The molecule has 0 aliphatic carbocycles. The minimum atomic E-state index is 0.194. The van der Waals surface area contributed by atoms with Crippen LogP contribution < -0.4 is 5.43 Å². The van der Waals surface area contributed by atoms with Gasteiger partial charge in [-0.05, 0) is 12.1 Å². The molecule has 0 unspecified atom stereocenters. The Bertz CT molecular complexity index is 657. The van der Waals surface area contributed by atoms with Crippen LogP contribution in [0.1, 0.15) is 11.3 Å². The Kier molecular flexibility index (Phi) is 3.29. The fraction of sp³-hybridized carbons (Fsp3) is 0. The zero-order chi connectivity index (χ0) is 12.8. The Morgan fingerprint density at radius 3 is 2.83 bits per heavy atom. The van der Waals surface area contributed by atoms with Crippen LogP contribution in [-0.4, -0.2) is 9.97 Å². The van der Waals surface area contributed by atoms with Crippen LogP contribution in [0.15, 0.2) is 40.9 Å². The maximum Gasteiger partial charge on any atom is 0.212 e. The van der Waals surface area contributed by atoms with E-state index in [1.54, 1.807) is 24.3 Å². The number of rotatable bonds is 3. The van der Waals surface area contributed by atoms with Crippen molar-refractivity contribution in [2.45, 2.75) is 0 Å². The van der Waals surface area contributed by atoms with Gasteiger partial charge in [-0.25, -0.2) is 4.98 Å². The molecule has 7 nitrogen and oxygen atoms in total. The predicted molar refractivity (Wildman–Crippen MR) is 62.6 cm³/mol. The van der Waals surface area contributed by atoms with Gasteiger partial charge in [0.05, 0.1) is 17.6 Å². The predicted octanol–water partition coefficient (Wildman–Crippen LogP) is 2.26. The molecule has 0 amide bonds. The van der Waals surface area contributed by atoms with E-state index in [0.29, 0.717) is 11.3 Å². The molecule has 0 saturated carbocycles. The first kappa shape index (κ1) is 11.3. The van der Waals surface area contributed by atoms with Crippen LogP contribution in [-0.2, 0) is 0 Å². The van der Waals surface area contributed by atoms with Gasteiger partial charge in [0.15, 0.2) is 5.69 Å². The largest absolute Gasteiger partial charge is 0.334 e. The molecule has 2 rings (SSSR count). The molecule has 1 aromatic heterocycles. The van der Waals surface area contributed by atoms with Gasteiger partial charge in [-0.15, -0.1) is 5.11 Å². The molecule has 1 heterocycles. The van der Waals surface area contributed by atoms with E-state index in [9.17, 15) is 0 Å². The molecule has 0 radical (unpaired) electrons. The maximum absolute atomic E-state index is 8.86. The zero-order valence-corrected chi connectivity index (χ0v) is 9.12. The van der Waals surface area contributed by atoms with Gasteiger partial charge in [0, 0.05) is 0 Å². The second-order valence-electron chi connectivity index (χ2n) is 3.18. The van der Waals surface area contributed by atoms with Crippen molar-refractivity contribution in [2.24, 2.45) is 10.3 Å². The van der Waals surface area contributed by atoms with Gasteiger partial charge in [-0.1, -0.05) is 17.4 Å². The molecular weight excluding hydrogens is 230 g/mol. The molecule has 0 bridgehead atoms. The van der Waals surface area contributed by atoms with Crippen molar-refractivity contribution in [1.82, 2.24) is 9.97 Å². The first-order chi connectivity index (χ1) is 8.85. The number of benzene rings is 1. The third-order valence-corrected chi connectivity index (χ3v) is 2.09. The Hall–Kier alpha value is -3.19. The summed E-state index contributed by atoms with van der Waals surface area (Å²) in [7, 11) is 0. The number of para-hydroxylation sites is 1. The number of imidazole rings is 1. The van der Waals surface area contributed by atoms with E-state index in [-0.39, 0.29) is 11.5 Å². The van der Waals surface area contributed by atoms with E-state index in [1.165, 1.54) is 6.33 Å². The minimum absolute atomic E-state index is 0.194. The van der Waals surface area contributed by atoms with Crippen LogP contribution in [0.3, 0.4) is 0 Å². The minimum Gasteiger partial charge on any atom is -0.334 e. The maximum atomic E-state index is 8.86. The smallest absolute Gasteiger partial charge is 0.212 e. The van der Waals surface area contributed by atoms with Crippen molar-refractivity contribution in [1.29, 1.82) is 10.5 Å². The molecule has 1 aromatic carbocycles. The molecule has 0 spiro atoms. The van der Waals surface area contributed by atoms with Gasteiger partial charge in [-0.3, -0.25) is 5.43 Å². The molecule has 18 heavy (non-hydrogen) atoms. The summed E-state index contributed by atoms with van der Waals surface area (Å²) >= 11 is 0. The van der Waals surface area contributed by atoms with Crippen molar-refractivity contribution in [3.05, 3.63) is 41.9 Å². The second kappa shape index (κ2) is 5.23. The summed E-state index contributed by atoms with van der Waals surface area (Å²) < 4.78 is 0. The Labute approximate surface area is 102 Å². The van der Waals surface area contributed by atoms with E-state index in [1.807, 2.05) is 12.1 Å². The van der Waals surface area contributed by atoms with Gasteiger partial charge in [0.2, 0.25) is 5.82 Å². The van der Waals surface area contributed by atoms with Crippen molar-refractivity contribution in [3.63, 3.8) is 0 Å². The fourth-order valence-electron chi connectivity index (χ4n) is 1.25. The molecule has 7 heteroatoms. The monoisotopic (exact) mass is 237 g/mol. The lowest BCUT2D eigenvalue weighted by Crippen LogP contribution is -1.90. The van der Waals surface area contributed by atoms with E-state index in [0.717, 1.165) is 0 Å². The summed E-state index contributed by atoms with van der Waals surface area (Å²) in [6.07, 6.45) is 1.36. The number of nitriles is 2. The average Bonchev–Trinajstić information content (AvgIpc) is 2.87. The van der Waals surface area contributed by atoms with E-state index in [4.69, 9.17) is 10.5 Å². The lowest BCUT2D eigenvalue weighted by molar-refractivity contribution is 1.10. The molecule has 86 valence electrons. The summed E-state index contributed by atoms with van der Waals surface area (Å²) in [5, 5.41) is 25.0. The third kappa shape index (κ3) is 2.31. The standard InChI is InChI=1S/C11H7N7/c12-5-8-3-1-2-4-9(8)16-18-17-11-10(6-13)14-7-15-11/h1-4,7H,(H,14,15)(H,16,17). The highest BCUT2D eigenvalue weighted by atomic mass is 15.4. The molecule has 2 aromatic rings. The van der Waals surface area contributed by atoms with Crippen LogP contribution in [0.2, 0.25) is 0 Å². The SMILES string of the molecule is N#Cc1ccccc1N/N=N/c1nc[nH]c1C#N. The topological polar surface area (TPSA) is 113 Å². The second-order valence-corrected chi connectivity index (χ2v) is 3.18. The Morgan fingerprint density at radius 1 is 1.22 bits per heavy atom. The Balaban J connectivity index is 2.13. The van der Waals surface area contributed by atoms with Crippen LogP contribution >= 0.6 is 0 Å². The van der Waals surface area contributed by atoms with Gasteiger partial charge in [0.25, 0.3) is 0 Å². The summed E-state index contributed by atoms with van der Waals surface area (Å²) in [4.78, 5) is 6.44. The third-order valence-electron chi connectivity index (χ3n) is 2.09. The number of anilines is 1. The normalized spacial score (nSPS) is 9.89. The summed E-state index contributed by atoms with van der Waals surface area (Å²) in [5.41, 5.74) is 3.85. The highest BCUT2D eigenvalue weighted by Crippen LogP contribution is 2.16. The number of nitrogens with zero attached hydrogens (tertiary/aromatic N) is 5. The molecule has 0 atom stereocenters. The number of H-pyrrole nitrogens is 1. The van der Waals surface area contributed by atoms with E-state index < -0.39 is 0 Å². The number of hydrogen-bond acceptors (Lipinski definition) is 5. The number of nitrogens with one attached hydrogen (secondary N) is 2. The number of aromatic nitrogens is 2. The lowest BCUT2D eigenvalue weighted by atomic mass is 10.2. The molecule has 0 saturated heterocycles. The van der Waals surface area contributed by atoms with Crippen LogP contribution in [0.25, 0.3) is 0 Å². The van der Waals surface area contributed by atoms with Crippen molar-refractivity contribution in [3.8, 4) is 12.1 Å². The van der Waals surface area contributed by atoms with Crippen LogP contribution in [0, 0.1) is 22.7 Å². The molecule has 0 aliphatic rings. The summed E-state index contributed by atoms with van der Waals surface area (Å²) in [6.45, 7) is 0. The highest BCUT2D eigenvalue weighted by Gasteiger charge is 2.02. The molecule has 0 aliphatic heterocycles. The van der Waals surface area contributed by atoms with Gasteiger partial charge < -0.3 is 4.98 Å². The molecule has 2 N–H and O–H groups in total. The van der Waals surface area contributed by atoms with E-state index in [2.05, 4.69) is 25.7 Å². The van der Waals surface area contributed by atoms with Gasteiger partial charge >= 0.3 is 0 Å². The summed E-state index contributed by atoms with van der Waals surface area (Å²) in [6, 6.07) is 10.8. The molecular formula is C11H7N7. The van der Waals surface area contributed by atoms with Crippen molar-refractivity contribution in [2.75, 3.05) is 5.43 Å². The van der Waals surface area contributed by atoms with Gasteiger partial charge in [-0.2, -0.15) is 10.5 Å². The first-order valence-corrected chi connectivity index (χ1v) is 4.94. The number of aromatic amines is 1. The van der Waals surface area contributed by atoms with Crippen LogP contribution in [0.5, 0.6) is 0 Å². The quantitative estimate of drug-likeness (QED) is 0.629. The highest BCUT2D eigenvalue weighted by molar-refractivity contribution is 5.56. The van der Waals surface area contributed by atoms with Gasteiger partial charge in [0.1, 0.15) is 12.1 Å². The average molecular weight is 237 g/mol. The fourth-order valence-corrected chi connectivity index (χ4v) is 1.25. The molecule has 0 fully saturated rings. The van der Waals surface area contributed by atoms with Crippen LogP contribution in [0.4, 0.5) is 11.5 Å². The lowest BCUT2D eigenvalue weighted by Gasteiger charge is -1.99. The van der Waals surface area contributed by atoms with Crippen molar-refractivity contribution < 1.29 is 0 Å².